The van der Waals surface area contributed by atoms with Gasteiger partial charge in [-0.1, -0.05) is 6.92 Å². The Morgan fingerprint density at radius 1 is 1.45 bits per heavy atom. The summed E-state index contributed by atoms with van der Waals surface area (Å²) in [4.78, 5) is 24.6. The number of hydrogen-bond donors (Lipinski definition) is 2. The van der Waals surface area contributed by atoms with E-state index in [2.05, 4.69) is 12.2 Å². The van der Waals surface area contributed by atoms with Gasteiger partial charge in [-0.05, 0) is 37.8 Å². The molecule has 0 radical (unpaired) electrons. The first-order valence-electron chi connectivity index (χ1n) is 6.84. The second-order valence-electron chi connectivity index (χ2n) is 5.40. The van der Waals surface area contributed by atoms with Gasteiger partial charge in [-0.15, -0.1) is 0 Å². The summed E-state index contributed by atoms with van der Waals surface area (Å²) in [6.45, 7) is 5.20. The van der Waals surface area contributed by atoms with Gasteiger partial charge in [0.15, 0.2) is 0 Å². The van der Waals surface area contributed by atoms with Crippen LogP contribution in [0.4, 0.5) is 4.79 Å². The molecule has 1 aromatic rings. The highest BCUT2D eigenvalue weighted by Gasteiger charge is 2.26. The minimum atomic E-state index is -1.11. The first kappa shape index (κ1) is 14.4. The highest BCUT2D eigenvalue weighted by Crippen LogP contribution is 2.22. The van der Waals surface area contributed by atoms with Crippen LogP contribution >= 0.6 is 0 Å². The van der Waals surface area contributed by atoms with Crippen molar-refractivity contribution in [2.75, 3.05) is 6.54 Å². The number of nitrogens with one attached hydrogen (secondary N) is 1. The quantitative estimate of drug-likeness (QED) is 0.890. The molecule has 2 rings (SSSR count). The van der Waals surface area contributed by atoms with Crippen molar-refractivity contribution in [1.29, 1.82) is 0 Å². The smallest absolute Gasteiger partial charge is 0.371 e. The van der Waals surface area contributed by atoms with E-state index in [0.717, 1.165) is 19.4 Å². The topological polar surface area (TPSA) is 82.8 Å². The number of nitrogens with zero attached hydrogens (tertiary/aromatic N) is 1. The fourth-order valence-electron chi connectivity index (χ4n) is 2.56. The van der Waals surface area contributed by atoms with Crippen molar-refractivity contribution in [3.8, 4) is 0 Å². The highest BCUT2D eigenvalue weighted by atomic mass is 16.4. The Morgan fingerprint density at radius 2 is 2.20 bits per heavy atom. The number of carbonyl (C=O) groups is 2. The number of amides is 2. The second-order valence-corrected chi connectivity index (χ2v) is 5.40. The van der Waals surface area contributed by atoms with Crippen LogP contribution < -0.4 is 5.32 Å². The molecule has 1 aromatic heterocycles. The van der Waals surface area contributed by atoms with Crippen molar-refractivity contribution in [2.24, 2.45) is 5.92 Å². The molecule has 0 bridgehead atoms. The fourth-order valence-corrected chi connectivity index (χ4v) is 2.56. The van der Waals surface area contributed by atoms with E-state index in [1.54, 1.807) is 6.07 Å². The molecule has 110 valence electrons. The standard InChI is InChI=1S/C14H20N2O4/c1-9-5-6-16(10(2)7-9)14(19)15-8-11-3-4-12(20-11)13(17)18/h3-4,9-10H,5-8H2,1-2H3,(H,15,19)(H,17,18). The molecule has 1 fully saturated rings. The molecular formula is C14H20N2O4. The first-order valence-corrected chi connectivity index (χ1v) is 6.84. The van der Waals surface area contributed by atoms with Crippen molar-refractivity contribution in [1.82, 2.24) is 10.2 Å². The zero-order valence-corrected chi connectivity index (χ0v) is 11.8. The predicted molar refractivity (Wildman–Crippen MR) is 72.5 cm³/mol. The molecule has 2 unspecified atom stereocenters. The van der Waals surface area contributed by atoms with Gasteiger partial charge in [0, 0.05) is 12.6 Å². The molecule has 0 aliphatic carbocycles. The fraction of sp³-hybridized carbons (Fsp3) is 0.571. The van der Waals surface area contributed by atoms with Crippen molar-refractivity contribution in [3.05, 3.63) is 23.7 Å². The molecule has 1 saturated heterocycles. The third-order valence-electron chi connectivity index (χ3n) is 3.69. The summed E-state index contributed by atoms with van der Waals surface area (Å²) in [6, 6.07) is 3.04. The van der Waals surface area contributed by atoms with Crippen LogP contribution in [0.2, 0.25) is 0 Å². The molecule has 2 heterocycles. The summed E-state index contributed by atoms with van der Waals surface area (Å²) in [5, 5.41) is 11.5. The average Bonchev–Trinajstić information content (AvgIpc) is 2.85. The number of carboxylic acid groups (broad SMARTS) is 1. The number of hydrogen-bond acceptors (Lipinski definition) is 3. The lowest BCUT2D eigenvalue weighted by Crippen LogP contribution is -2.48. The maximum absolute atomic E-state index is 12.1. The molecule has 0 spiro atoms. The summed E-state index contributed by atoms with van der Waals surface area (Å²) in [7, 11) is 0. The van der Waals surface area contributed by atoms with Crippen molar-refractivity contribution in [3.63, 3.8) is 0 Å². The number of rotatable bonds is 3. The van der Waals surface area contributed by atoms with E-state index in [0.29, 0.717) is 11.7 Å². The molecular weight excluding hydrogens is 260 g/mol. The van der Waals surface area contributed by atoms with E-state index in [-0.39, 0.29) is 24.4 Å². The Bertz CT molecular complexity index is 497. The molecule has 1 aliphatic heterocycles. The molecule has 20 heavy (non-hydrogen) atoms. The van der Waals surface area contributed by atoms with Crippen molar-refractivity contribution in [2.45, 2.75) is 39.3 Å². The van der Waals surface area contributed by atoms with E-state index >= 15 is 0 Å². The van der Waals surface area contributed by atoms with Gasteiger partial charge in [0.05, 0.1) is 6.54 Å². The molecule has 2 amide bonds. The summed E-state index contributed by atoms with van der Waals surface area (Å²) in [5.74, 6) is -0.137. The van der Waals surface area contributed by atoms with Crippen molar-refractivity contribution < 1.29 is 19.1 Å². The maximum atomic E-state index is 12.1. The van der Waals surface area contributed by atoms with Gasteiger partial charge >= 0.3 is 12.0 Å². The molecule has 1 aliphatic rings. The summed E-state index contributed by atoms with van der Waals surface area (Å²) in [6.07, 6.45) is 2.03. The lowest BCUT2D eigenvalue weighted by Gasteiger charge is -2.36. The number of furan rings is 1. The molecule has 2 N–H and O–H groups in total. The molecule has 0 aromatic carbocycles. The van der Waals surface area contributed by atoms with E-state index < -0.39 is 5.97 Å². The minimum absolute atomic E-state index is 0.116. The van der Waals surface area contributed by atoms with Crippen molar-refractivity contribution >= 4 is 12.0 Å². The molecule has 6 heteroatoms. The number of piperidine rings is 1. The predicted octanol–water partition coefficient (Wildman–Crippen LogP) is 2.31. The molecule has 6 nitrogen and oxygen atoms in total. The van der Waals surface area contributed by atoms with Crippen LogP contribution in [0, 0.1) is 5.92 Å². The van der Waals surface area contributed by atoms with Gasteiger partial charge in [0.1, 0.15) is 5.76 Å². The normalized spacial score (nSPS) is 22.6. The Balaban J connectivity index is 1.86. The van der Waals surface area contributed by atoms with Crippen LogP contribution in [0.3, 0.4) is 0 Å². The van der Waals surface area contributed by atoms with Gasteiger partial charge in [-0.3, -0.25) is 0 Å². The number of urea groups is 1. The third kappa shape index (κ3) is 3.31. The largest absolute Gasteiger partial charge is 0.475 e. The zero-order chi connectivity index (χ0) is 14.7. The Hall–Kier alpha value is -1.98. The van der Waals surface area contributed by atoms with E-state index in [4.69, 9.17) is 9.52 Å². The van der Waals surface area contributed by atoms with E-state index in [9.17, 15) is 9.59 Å². The highest BCUT2D eigenvalue weighted by molar-refractivity contribution is 5.84. The maximum Gasteiger partial charge on any atom is 0.371 e. The SMILES string of the molecule is CC1CCN(C(=O)NCc2ccc(C(=O)O)o2)C(C)C1. The van der Waals surface area contributed by atoms with Gasteiger partial charge in [-0.25, -0.2) is 9.59 Å². The van der Waals surface area contributed by atoms with Crippen LogP contribution in [-0.2, 0) is 6.54 Å². The summed E-state index contributed by atoms with van der Waals surface area (Å²) in [5.41, 5.74) is 0. The second kappa shape index (κ2) is 5.98. The Labute approximate surface area is 117 Å². The third-order valence-corrected chi connectivity index (χ3v) is 3.69. The zero-order valence-electron chi connectivity index (χ0n) is 11.8. The molecule has 2 atom stereocenters. The average molecular weight is 280 g/mol. The number of carboxylic acids is 1. The monoisotopic (exact) mass is 280 g/mol. The van der Waals surface area contributed by atoms with Gasteiger partial charge in [0.25, 0.3) is 0 Å². The van der Waals surface area contributed by atoms with E-state index in [1.807, 2.05) is 11.8 Å². The van der Waals surface area contributed by atoms with Crippen LogP contribution in [-0.4, -0.2) is 34.6 Å². The van der Waals surface area contributed by atoms with Crippen LogP contribution in [0.15, 0.2) is 16.5 Å². The number of carbonyl (C=O) groups excluding carboxylic acids is 1. The van der Waals surface area contributed by atoms with E-state index in [1.165, 1.54) is 6.07 Å². The number of aromatic carboxylic acids is 1. The van der Waals surface area contributed by atoms with Gasteiger partial charge < -0.3 is 19.7 Å². The van der Waals surface area contributed by atoms with Crippen LogP contribution in [0.25, 0.3) is 0 Å². The summed E-state index contributed by atoms with van der Waals surface area (Å²) >= 11 is 0. The lowest BCUT2D eigenvalue weighted by atomic mass is 9.94. The van der Waals surface area contributed by atoms with Gasteiger partial charge in [-0.2, -0.15) is 0 Å². The number of likely N-dealkylation sites (tertiary alicyclic amines) is 1. The van der Waals surface area contributed by atoms with Crippen LogP contribution in [0.5, 0.6) is 0 Å². The lowest BCUT2D eigenvalue weighted by molar-refractivity contribution is 0.0660. The molecule has 0 saturated carbocycles. The first-order chi connectivity index (χ1) is 9.47. The Morgan fingerprint density at radius 3 is 2.80 bits per heavy atom. The Kier molecular flexibility index (Phi) is 4.32. The van der Waals surface area contributed by atoms with Crippen LogP contribution in [0.1, 0.15) is 43.0 Å². The summed E-state index contributed by atoms with van der Waals surface area (Å²) < 4.78 is 5.09. The van der Waals surface area contributed by atoms with Gasteiger partial charge in [0.2, 0.25) is 5.76 Å². The minimum Gasteiger partial charge on any atom is -0.475 e.